The number of nitrogens with one attached hydrogen (secondary N) is 1. The molecule has 0 bridgehead atoms. The molecule has 0 spiro atoms. The summed E-state index contributed by atoms with van der Waals surface area (Å²) in [6, 6.07) is 8.63. The highest BCUT2D eigenvalue weighted by Crippen LogP contribution is 2.67. The van der Waals surface area contributed by atoms with Crippen molar-refractivity contribution in [1.82, 2.24) is 10.2 Å². The van der Waals surface area contributed by atoms with Gasteiger partial charge in [-0.25, -0.2) is 0 Å². The monoisotopic (exact) mass is 720 g/mol. The van der Waals surface area contributed by atoms with E-state index in [1.54, 1.807) is 13.2 Å². The number of likely N-dealkylation sites (tertiary alicyclic amines) is 1. The molecule has 1 aromatic carbocycles. The number of ketones is 2. The molecule has 1 aliphatic heterocycles. The van der Waals surface area contributed by atoms with Gasteiger partial charge in [0.1, 0.15) is 11.4 Å². The Morgan fingerprint density at radius 3 is 2.46 bits per heavy atom. The fourth-order valence-electron chi connectivity index (χ4n) is 11.7. The number of piperidine rings is 1. The predicted molar refractivity (Wildman–Crippen MR) is 196 cm³/mol. The number of esters is 1. The van der Waals surface area contributed by atoms with E-state index in [1.165, 1.54) is 5.56 Å². The number of fused-ring (bicyclic) bond motifs is 5. The lowest BCUT2D eigenvalue weighted by Gasteiger charge is -2.60. The maximum absolute atomic E-state index is 13.7. The second-order valence-corrected chi connectivity index (χ2v) is 17.4. The fourth-order valence-corrected chi connectivity index (χ4v) is 11.7. The third-order valence-corrected chi connectivity index (χ3v) is 14.9. The number of aliphatic hydroxyl groups excluding tert-OH is 1. The van der Waals surface area contributed by atoms with Crippen LogP contribution in [0, 0.1) is 34.5 Å². The first-order valence-electron chi connectivity index (χ1n) is 19.5. The Kier molecular flexibility index (Phi) is 10.9. The SMILES string of the molecule is COc1ccc(C2(CCNC(=O)CCC(=O)OCC(=O)[C@@]3(O)CCC4C5CCC6=CC(=O)CC[C@]6(C)C5[C@@H](O)C[C@@]43C)CC(C)N(C)CC2C)cc1. The van der Waals surface area contributed by atoms with Gasteiger partial charge >= 0.3 is 5.97 Å². The molecule has 3 saturated carbocycles. The normalized spacial score (nSPS) is 38.7. The van der Waals surface area contributed by atoms with Gasteiger partial charge in [-0.05, 0) is 118 Å². The maximum atomic E-state index is 13.7. The van der Waals surface area contributed by atoms with Gasteiger partial charge in [0.25, 0.3) is 0 Å². The standard InChI is InChI=1S/C42H60N2O8/c1-26-24-44(5)27(2)22-41(26,28-7-10-31(51-6)11-8-28)19-20-43-36(48)13-14-37(49)52-25-35(47)42(50)18-16-33-32-12-9-29-21-30(45)15-17-39(29,3)38(32)34(46)23-40(33,42)4/h7-8,10-11,21,26-27,32-34,38,46,50H,9,12-20,22-25H2,1-6H3,(H,43,48)/t26?,27?,32?,33?,34-,38?,39-,40-,41?,42-/m0/s1. The van der Waals surface area contributed by atoms with Crippen molar-refractivity contribution in [3.63, 3.8) is 0 Å². The van der Waals surface area contributed by atoms with Crippen LogP contribution < -0.4 is 10.1 Å². The molecule has 3 N–H and O–H groups in total. The van der Waals surface area contributed by atoms with Crippen LogP contribution in [0.1, 0.15) is 104 Å². The molecule has 1 saturated heterocycles. The average molecular weight is 721 g/mol. The lowest BCUT2D eigenvalue weighted by Crippen LogP contribution is -2.62. The molecule has 0 aromatic heterocycles. The van der Waals surface area contributed by atoms with Crippen molar-refractivity contribution < 1.29 is 38.9 Å². The number of amides is 1. The molecule has 1 amide bonds. The average Bonchev–Trinajstić information content (AvgIpc) is 3.38. The van der Waals surface area contributed by atoms with E-state index in [2.05, 4.69) is 50.2 Å². The van der Waals surface area contributed by atoms with Crippen LogP contribution in [0.15, 0.2) is 35.9 Å². The molecule has 1 aromatic rings. The largest absolute Gasteiger partial charge is 0.497 e. The van der Waals surface area contributed by atoms with Crippen molar-refractivity contribution in [2.24, 2.45) is 34.5 Å². The van der Waals surface area contributed by atoms with Crippen molar-refractivity contribution in [2.45, 2.75) is 121 Å². The molecule has 286 valence electrons. The summed E-state index contributed by atoms with van der Waals surface area (Å²) < 4.78 is 10.8. The maximum Gasteiger partial charge on any atom is 0.306 e. The molecule has 4 fully saturated rings. The Labute approximate surface area is 309 Å². The molecule has 10 nitrogen and oxygen atoms in total. The number of hydrogen-bond acceptors (Lipinski definition) is 9. The Bertz CT molecular complexity index is 1580. The molecular weight excluding hydrogens is 660 g/mol. The lowest BCUT2D eigenvalue weighted by atomic mass is 9.45. The van der Waals surface area contributed by atoms with E-state index in [1.807, 2.05) is 19.1 Å². The van der Waals surface area contributed by atoms with Crippen molar-refractivity contribution in [1.29, 1.82) is 0 Å². The number of allylic oxidation sites excluding steroid dienone is 1. The number of Topliss-reactive ketones (excluding diaryl/α,β-unsaturated/α-hetero) is 1. The molecule has 6 rings (SSSR count). The highest BCUT2D eigenvalue weighted by molar-refractivity contribution is 5.92. The topological polar surface area (TPSA) is 142 Å². The van der Waals surface area contributed by atoms with Crippen molar-refractivity contribution in [3.05, 3.63) is 41.5 Å². The van der Waals surface area contributed by atoms with Gasteiger partial charge in [-0.1, -0.05) is 38.5 Å². The van der Waals surface area contributed by atoms with Crippen LogP contribution in [0.5, 0.6) is 5.75 Å². The number of ether oxygens (including phenoxy) is 2. The van der Waals surface area contributed by atoms with E-state index in [4.69, 9.17) is 9.47 Å². The number of nitrogens with zero attached hydrogens (tertiary/aromatic N) is 1. The third kappa shape index (κ3) is 6.66. The van der Waals surface area contributed by atoms with Gasteiger partial charge in [0.05, 0.1) is 19.6 Å². The summed E-state index contributed by atoms with van der Waals surface area (Å²) in [4.78, 5) is 53.9. The first-order chi connectivity index (χ1) is 24.6. The first-order valence-corrected chi connectivity index (χ1v) is 19.5. The number of aliphatic hydroxyl groups is 2. The predicted octanol–water partition coefficient (Wildman–Crippen LogP) is 4.93. The number of methoxy groups -OCH3 is 1. The number of benzene rings is 1. The van der Waals surface area contributed by atoms with E-state index in [9.17, 15) is 29.4 Å². The van der Waals surface area contributed by atoms with Gasteiger partial charge in [0.2, 0.25) is 11.7 Å². The number of rotatable bonds is 11. The first kappa shape index (κ1) is 38.6. The van der Waals surface area contributed by atoms with E-state index in [0.717, 1.165) is 50.0 Å². The smallest absolute Gasteiger partial charge is 0.306 e. The molecule has 10 atom stereocenters. The zero-order chi connectivity index (χ0) is 37.6. The van der Waals surface area contributed by atoms with Crippen LogP contribution in [-0.2, 0) is 29.3 Å². The van der Waals surface area contributed by atoms with Crippen LogP contribution in [0.2, 0.25) is 0 Å². The molecule has 0 radical (unpaired) electrons. The van der Waals surface area contributed by atoms with Gasteiger partial charge in [0, 0.05) is 42.8 Å². The van der Waals surface area contributed by atoms with Gasteiger partial charge in [-0.2, -0.15) is 0 Å². The highest BCUT2D eigenvalue weighted by Gasteiger charge is 2.68. The molecule has 1 heterocycles. The van der Waals surface area contributed by atoms with Crippen molar-refractivity contribution >= 4 is 23.4 Å². The summed E-state index contributed by atoms with van der Waals surface area (Å²) in [6.07, 6.45) is 6.56. The Hall–Kier alpha value is -3.08. The minimum absolute atomic E-state index is 0.0237. The molecule has 4 aliphatic carbocycles. The van der Waals surface area contributed by atoms with Crippen LogP contribution in [0.4, 0.5) is 0 Å². The quantitative estimate of drug-likeness (QED) is 0.272. The van der Waals surface area contributed by atoms with E-state index in [-0.39, 0.29) is 66.0 Å². The molecule has 5 aliphatic rings. The molecule has 52 heavy (non-hydrogen) atoms. The number of carbonyl (C=O) groups is 4. The van der Waals surface area contributed by atoms with Gasteiger partial charge in [0.15, 0.2) is 12.4 Å². The third-order valence-electron chi connectivity index (χ3n) is 14.9. The number of hydrogen-bond donors (Lipinski definition) is 3. The number of carbonyl (C=O) groups excluding carboxylic acids is 4. The van der Waals surface area contributed by atoms with Gasteiger partial charge in [-0.15, -0.1) is 0 Å². The van der Waals surface area contributed by atoms with Crippen LogP contribution in [-0.4, -0.2) is 90.2 Å². The second-order valence-electron chi connectivity index (χ2n) is 17.4. The summed E-state index contributed by atoms with van der Waals surface area (Å²) in [5, 5.41) is 26.6. The summed E-state index contributed by atoms with van der Waals surface area (Å²) in [7, 11) is 3.81. The van der Waals surface area contributed by atoms with Crippen LogP contribution >= 0.6 is 0 Å². The zero-order valence-electron chi connectivity index (χ0n) is 32.0. The highest BCUT2D eigenvalue weighted by atomic mass is 16.5. The van der Waals surface area contributed by atoms with Gasteiger partial charge < -0.3 is 29.9 Å². The van der Waals surface area contributed by atoms with Gasteiger partial charge in [-0.3, -0.25) is 19.2 Å². The van der Waals surface area contributed by atoms with Crippen molar-refractivity contribution in [3.8, 4) is 5.75 Å². The van der Waals surface area contributed by atoms with E-state index in [0.29, 0.717) is 31.3 Å². The molecule has 6 unspecified atom stereocenters. The second kappa shape index (κ2) is 14.6. The van der Waals surface area contributed by atoms with Crippen LogP contribution in [0.3, 0.4) is 0 Å². The minimum atomic E-state index is -1.72. The Morgan fingerprint density at radius 2 is 1.75 bits per heavy atom. The van der Waals surface area contributed by atoms with Crippen molar-refractivity contribution in [2.75, 3.05) is 33.9 Å². The summed E-state index contributed by atoms with van der Waals surface area (Å²) in [5.74, 6) is 0.00885. The van der Waals surface area contributed by atoms with E-state index < -0.39 is 35.5 Å². The summed E-state index contributed by atoms with van der Waals surface area (Å²) >= 11 is 0. The molecule has 10 heteroatoms. The Morgan fingerprint density at radius 1 is 1.02 bits per heavy atom. The lowest BCUT2D eigenvalue weighted by molar-refractivity contribution is -0.184. The Balaban J connectivity index is 1.01. The van der Waals surface area contributed by atoms with E-state index >= 15 is 0 Å². The van der Waals surface area contributed by atoms with Crippen LogP contribution in [0.25, 0.3) is 0 Å². The summed E-state index contributed by atoms with van der Waals surface area (Å²) in [5.41, 5.74) is -0.588. The zero-order valence-corrected chi connectivity index (χ0v) is 32.0. The summed E-state index contributed by atoms with van der Waals surface area (Å²) in [6.45, 7) is 9.45. The fraction of sp³-hybridized carbons (Fsp3) is 0.714. The minimum Gasteiger partial charge on any atom is -0.497 e. The molecular formula is C42H60N2O8.